The number of hydrogen-bond acceptors (Lipinski definition) is 6. The average Bonchev–Trinajstić information content (AvgIpc) is 2.24. The predicted molar refractivity (Wildman–Crippen MR) is 57.2 cm³/mol. The fourth-order valence-electron chi connectivity index (χ4n) is 1.92. The van der Waals surface area contributed by atoms with E-state index in [1.165, 1.54) is 21.1 Å². The Hall–Kier alpha value is -0.730. The zero-order chi connectivity index (χ0) is 13.0. The van der Waals surface area contributed by atoms with Gasteiger partial charge >= 0.3 is 0 Å². The van der Waals surface area contributed by atoms with Gasteiger partial charge in [-0.3, -0.25) is 4.79 Å². The van der Waals surface area contributed by atoms with Crippen molar-refractivity contribution in [3.8, 4) is 0 Å². The zero-order valence-electron chi connectivity index (χ0n) is 10.1. The summed E-state index contributed by atoms with van der Waals surface area (Å²) in [6.07, 6.45) is -3.61. The maximum absolute atomic E-state index is 11.0. The van der Waals surface area contributed by atoms with Crippen molar-refractivity contribution in [3.63, 3.8) is 0 Å². The van der Waals surface area contributed by atoms with E-state index in [2.05, 4.69) is 5.32 Å². The summed E-state index contributed by atoms with van der Waals surface area (Å²) < 4.78 is 15.3. The van der Waals surface area contributed by atoms with Crippen molar-refractivity contribution in [2.24, 2.45) is 0 Å². The molecule has 1 aliphatic heterocycles. The highest BCUT2D eigenvalue weighted by Gasteiger charge is 2.45. The van der Waals surface area contributed by atoms with Crippen LogP contribution in [0.15, 0.2) is 0 Å². The summed E-state index contributed by atoms with van der Waals surface area (Å²) in [4.78, 5) is 11.0. The first-order valence-corrected chi connectivity index (χ1v) is 5.31. The molecule has 1 heterocycles. The molecule has 0 aromatic heterocycles. The lowest BCUT2D eigenvalue weighted by atomic mass is 9.97. The maximum Gasteiger partial charge on any atom is 0.217 e. The molecule has 5 unspecified atom stereocenters. The van der Waals surface area contributed by atoms with Gasteiger partial charge in [0.2, 0.25) is 5.91 Å². The van der Waals surface area contributed by atoms with Gasteiger partial charge in [0.25, 0.3) is 0 Å². The van der Waals surface area contributed by atoms with Gasteiger partial charge < -0.3 is 29.7 Å². The molecule has 7 heteroatoms. The summed E-state index contributed by atoms with van der Waals surface area (Å²) >= 11 is 0. The molecule has 1 aliphatic rings. The number of nitrogens with one attached hydrogen (secondary N) is 1. The van der Waals surface area contributed by atoms with Crippen molar-refractivity contribution < 1.29 is 29.2 Å². The third kappa shape index (κ3) is 3.36. The highest BCUT2D eigenvalue weighted by molar-refractivity contribution is 5.73. The van der Waals surface area contributed by atoms with E-state index in [0.717, 1.165) is 0 Å². The minimum absolute atomic E-state index is 0.180. The molecule has 0 saturated carbocycles. The van der Waals surface area contributed by atoms with E-state index < -0.39 is 30.6 Å². The van der Waals surface area contributed by atoms with Crippen molar-refractivity contribution in [2.45, 2.75) is 37.6 Å². The van der Waals surface area contributed by atoms with Crippen LogP contribution in [0.1, 0.15) is 6.92 Å². The lowest BCUT2D eigenvalue weighted by Gasteiger charge is -2.42. The van der Waals surface area contributed by atoms with Gasteiger partial charge in [0.05, 0.1) is 6.61 Å². The van der Waals surface area contributed by atoms with E-state index in [1.807, 2.05) is 0 Å². The van der Waals surface area contributed by atoms with Crippen LogP contribution in [0.4, 0.5) is 0 Å². The molecule has 1 rings (SSSR count). The summed E-state index contributed by atoms with van der Waals surface area (Å²) in [5.74, 6) is -0.364. The van der Waals surface area contributed by atoms with Gasteiger partial charge in [-0.2, -0.15) is 0 Å². The monoisotopic (exact) mass is 249 g/mol. The summed E-state index contributed by atoms with van der Waals surface area (Å²) in [5, 5.41) is 22.1. The molecule has 17 heavy (non-hydrogen) atoms. The van der Waals surface area contributed by atoms with Gasteiger partial charge in [0, 0.05) is 21.1 Å². The third-order valence-electron chi connectivity index (χ3n) is 2.67. The van der Waals surface area contributed by atoms with Crippen molar-refractivity contribution in [1.82, 2.24) is 5.32 Å². The van der Waals surface area contributed by atoms with Gasteiger partial charge in [0.15, 0.2) is 6.29 Å². The van der Waals surface area contributed by atoms with E-state index in [0.29, 0.717) is 0 Å². The van der Waals surface area contributed by atoms with Crippen LogP contribution in [0.5, 0.6) is 0 Å². The highest BCUT2D eigenvalue weighted by atomic mass is 16.6. The summed E-state index contributed by atoms with van der Waals surface area (Å²) in [7, 11) is 2.90. The molecule has 1 saturated heterocycles. The van der Waals surface area contributed by atoms with Crippen LogP contribution in [0.25, 0.3) is 0 Å². The minimum atomic E-state index is -1.29. The first kappa shape index (κ1) is 14.3. The molecular formula is C10H19NO6. The summed E-state index contributed by atoms with van der Waals surface area (Å²) in [6.45, 7) is 1.47. The topological polar surface area (TPSA) is 97.2 Å². The molecule has 5 atom stereocenters. The van der Waals surface area contributed by atoms with E-state index >= 15 is 0 Å². The minimum Gasteiger partial charge on any atom is -0.388 e. The lowest BCUT2D eigenvalue weighted by molar-refractivity contribution is -0.260. The van der Waals surface area contributed by atoms with Crippen molar-refractivity contribution >= 4 is 5.91 Å². The van der Waals surface area contributed by atoms with E-state index in [-0.39, 0.29) is 12.5 Å². The van der Waals surface area contributed by atoms with Crippen molar-refractivity contribution in [1.29, 1.82) is 0 Å². The van der Waals surface area contributed by atoms with Crippen LogP contribution >= 0.6 is 0 Å². The van der Waals surface area contributed by atoms with Gasteiger partial charge in [0.1, 0.15) is 24.4 Å². The molecule has 0 spiro atoms. The summed E-state index contributed by atoms with van der Waals surface area (Å²) in [5.41, 5.74) is 0. The number of carbonyl (C=O) groups is 1. The van der Waals surface area contributed by atoms with Gasteiger partial charge in [-0.25, -0.2) is 0 Å². The normalized spacial score (nSPS) is 37.8. The van der Waals surface area contributed by atoms with Crippen LogP contribution in [0, 0.1) is 0 Å². The Morgan fingerprint density at radius 2 is 2.06 bits per heavy atom. The lowest BCUT2D eigenvalue weighted by Crippen LogP contribution is -2.64. The van der Waals surface area contributed by atoms with Gasteiger partial charge in [-0.05, 0) is 0 Å². The second-order valence-electron chi connectivity index (χ2n) is 3.94. The molecule has 1 fully saturated rings. The number of methoxy groups -OCH3 is 2. The Bertz CT molecular complexity index is 261. The molecule has 0 aromatic carbocycles. The van der Waals surface area contributed by atoms with E-state index in [1.54, 1.807) is 0 Å². The molecule has 0 aliphatic carbocycles. The second kappa shape index (κ2) is 6.27. The van der Waals surface area contributed by atoms with E-state index in [4.69, 9.17) is 14.2 Å². The maximum atomic E-state index is 11.0. The van der Waals surface area contributed by atoms with E-state index in [9.17, 15) is 15.0 Å². The molecule has 0 radical (unpaired) electrons. The first-order valence-electron chi connectivity index (χ1n) is 5.31. The number of ether oxygens (including phenoxy) is 3. The number of aliphatic hydroxyl groups is 2. The Kier molecular flexibility index (Phi) is 5.29. The predicted octanol–water partition coefficient (Wildman–Crippen LogP) is -1.77. The Labute approximate surface area is 99.7 Å². The Balaban J connectivity index is 2.75. The molecule has 0 aromatic rings. The fraction of sp³-hybridized carbons (Fsp3) is 0.900. The van der Waals surface area contributed by atoms with Gasteiger partial charge in [-0.1, -0.05) is 0 Å². The molecular weight excluding hydrogens is 230 g/mol. The van der Waals surface area contributed by atoms with Crippen LogP contribution in [0.3, 0.4) is 0 Å². The standard InChI is InChI=1S/C10H19NO6/c1-5(12)11-7-8(13)9(16-3)6(4-15-2)17-10(7)14/h6-10,13-14H,4H2,1-3H3,(H,11,12). The van der Waals surface area contributed by atoms with Crippen molar-refractivity contribution in [2.75, 3.05) is 20.8 Å². The number of carbonyl (C=O) groups excluding carboxylic acids is 1. The fourth-order valence-corrected chi connectivity index (χ4v) is 1.92. The van der Waals surface area contributed by atoms with Crippen LogP contribution in [-0.4, -0.2) is 67.6 Å². The molecule has 0 bridgehead atoms. The number of rotatable bonds is 4. The number of aliphatic hydroxyl groups excluding tert-OH is 2. The Morgan fingerprint density at radius 3 is 2.53 bits per heavy atom. The van der Waals surface area contributed by atoms with Crippen LogP contribution < -0.4 is 5.32 Å². The molecule has 7 nitrogen and oxygen atoms in total. The molecule has 100 valence electrons. The van der Waals surface area contributed by atoms with Gasteiger partial charge in [-0.15, -0.1) is 0 Å². The van der Waals surface area contributed by atoms with Crippen LogP contribution in [-0.2, 0) is 19.0 Å². The smallest absolute Gasteiger partial charge is 0.217 e. The Morgan fingerprint density at radius 1 is 1.41 bits per heavy atom. The number of amides is 1. The average molecular weight is 249 g/mol. The highest BCUT2D eigenvalue weighted by Crippen LogP contribution is 2.22. The first-order chi connectivity index (χ1) is 8.01. The largest absolute Gasteiger partial charge is 0.388 e. The third-order valence-corrected chi connectivity index (χ3v) is 2.67. The molecule has 3 N–H and O–H groups in total. The molecule has 1 amide bonds. The zero-order valence-corrected chi connectivity index (χ0v) is 10.1. The number of hydrogen-bond donors (Lipinski definition) is 3. The van der Waals surface area contributed by atoms with Crippen molar-refractivity contribution in [3.05, 3.63) is 0 Å². The second-order valence-corrected chi connectivity index (χ2v) is 3.94. The SMILES string of the molecule is COCC1OC(O)C(NC(C)=O)C(O)C1OC. The van der Waals surface area contributed by atoms with Crippen LogP contribution in [0.2, 0.25) is 0 Å². The quantitative estimate of drug-likeness (QED) is 0.545. The summed E-state index contributed by atoms with van der Waals surface area (Å²) in [6, 6.07) is -0.912.